The SMILES string of the molecule is Cc1noc(C)c1C(C)C(=O)Nc1ccsc1. The lowest BCUT2D eigenvalue weighted by Crippen LogP contribution is -2.19. The van der Waals surface area contributed by atoms with Crippen LogP contribution in [0.15, 0.2) is 21.3 Å². The second-order valence-electron chi connectivity index (χ2n) is 3.96. The second kappa shape index (κ2) is 4.71. The van der Waals surface area contributed by atoms with Crippen LogP contribution in [0.3, 0.4) is 0 Å². The van der Waals surface area contributed by atoms with Crippen molar-refractivity contribution in [2.45, 2.75) is 26.7 Å². The molecule has 1 N–H and O–H groups in total. The Morgan fingerprint density at radius 1 is 1.53 bits per heavy atom. The molecule has 4 nitrogen and oxygen atoms in total. The fourth-order valence-corrected chi connectivity index (χ4v) is 2.41. The lowest BCUT2D eigenvalue weighted by molar-refractivity contribution is -0.117. The highest BCUT2D eigenvalue weighted by atomic mass is 32.1. The first-order chi connectivity index (χ1) is 8.09. The molecule has 17 heavy (non-hydrogen) atoms. The van der Waals surface area contributed by atoms with Crippen LogP contribution < -0.4 is 5.32 Å². The molecule has 0 aliphatic heterocycles. The van der Waals surface area contributed by atoms with Crippen molar-refractivity contribution in [3.63, 3.8) is 0 Å². The lowest BCUT2D eigenvalue weighted by atomic mass is 9.99. The molecule has 0 radical (unpaired) electrons. The number of carbonyl (C=O) groups excluding carboxylic acids is 1. The van der Waals surface area contributed by atoms with E-state index >= 15 is 0 Å². The van der Waals surface area contributed by atoms with E-state index in [0.717, 1.165) is 16.9 Å². The molecule has 2 aromatic rings. The van der Waals surface area contributed by atoms with E-state index < -0.39 is 0 Å². The van der Waals surface area contributed by atoms with Gasteiger partial charge in [0.15, 0.2) is 0 Å². The predicted molar refractivity (Wildman–Crippen MR) is 67.3 cm³/mol. The van der Waals surface area contributed by atoms with E-state index in [-0.39, 0.29) is 11.8 Å². The molecule has 1 atom stereocenters. The monoisotopic (exact) mass is 250 g/mol. The summed E-state index contributed by atoms with van der Waals surface area (Å²) in [6.07, 6.45) is 0. The first-order valence-corrected chi connectivity index (χ1v) is 6.29. The summed E-state index contributed by atoms with van der Waals surface area (Å²) in [7, 11) is 0. The second-order valence-corrected chi connectivity index (χ2v) is 4.74. The number of anilines is 1. The molecular formula is C12H14N2O2S. The molecular weight excluding hydrogens is 236 g/mol. The van der Waals surface area contributed by atoms with E-state index in [1.807, 2.05) is 37.6 Å². The van der Waals surface area contributed by atoms with E-state index in [0.29, 0.717) is 5.76 Å². The number of aromatic nitrogens is 1. The fraction of sp³-hybridized carbons (Fsp3) is 0.333. The first kappa shape index (κ1) is 11.9. The molecule has 2 rings (SSSR count). The Labute approximate surface area is 104 Å². The minimum absolute atomic E-state index is 0.0437. The molecule has 90 valence electrons. The molecule has 0 aliphatic rings. The van der Waals surface area contributed by atoms with E-state index in [1.165, 1.54) is 0 Å². The van der Waals surface area contributed by atoms with Gasteiger partial charge in [0.2, 0.25) is 5.91 Å². The number of thiophene rings is 1. The lowest BCUT2D eigenvalue weighted by Gasteiger charge is -2.10. The van der Waals surface area contributed by atoms with Crippen molar-refractivity contribution >= 4 is 22.9 Å². The van der Waals surface area contributed by atoms with Crippen LogP contribution in [-0.4, -0.2) is 11.1 Å². The zero-order valence-electron chi connectivity index (χ0n) is 9.98. The maximum Gasteiger partial charge on any atom is 0.231 e. The van der Waals surface area contributed by atoms with Crippen LogP contribution in [0.25, 0.3) is 0 Å². The third kappa shape index (κ3) is 2.39. The maximum atomic E-state index is 12.0. The smallest absolute Gasteiger partial charge is 0.231 e. The van der Waals surface area contributed by atoms with Crippen molar-refractivity contribution in [1.82, 2.24) is 5.16 Å². The van der Waals surface area contributed by atoms with Crippen LogP contribution >= 0.6 is 11.3 Å². The van der Waals surface area contributed by atoms with Gasteiger partial charge in [-0.3, -0.25) is 4.79 Å². The Morgan fingerprint density at radius 3 is 2.82 bits per heavy atom. The van der Waals surface area contributed by atoms with Gasteiger partial charge in [0.25, 0.3) is 0 Å². The summed E-state index contributed by atoms with van der Waals surface area (Å²) in [4.78, 5) is 12.0. The standard InChI is InChI=1S/C12H14N2O2S/c1-7(11-8(2)14-16-9(11)3)12(15)13-10-4-5-17-6-10/h4-7H,1-3H3,(H,13,15). The molecule has 1 unspecified atom stereocenters. The average molecular weight is 250 g/mol. The van der Waals surface area contributed by atoms with E-state index in [1.54, 1.807) is 11.3 Å². The van der Waals surface area contributed by atoms with Gasteiger partial charge >= 0.3 is 0 Å². The van der Waals surface area contributed by atoms with Gasteiger partial charge in [0.05, 0.1) is 17.3 Å². The molecule has 0 saturated carbocycles. The summed E-state index contributed by atoms with van der Waals surface area (Å²) in [5.74, 6) is 0.398. The third-order valence-electron chi connectivity index (χ3n) is 2.70. The van der Waals surface area contributed by atoms with Gasteiger partial charge in [0.1, 0.15) is 5.76 Å². The highest BCUT2D eigenvalue weighted by Crippen LogP contribution is 2.24. The molecule has 1 amide bonds. The van der Waals surface area contributed by atoms with Crippen molar-refractivity contribution in [1.29, 1.82) is 0 Å². The summed E-state index contributed by atoms with van der Waals surface area (Å²) in [5.41, 5.74) is 2.48. The minimum Gasteiger partial charge on any atom is -0.361 e. The summed E-state index contributed by atoms with van der Waals surface area (Å²) < 4.78 is 5.07. The van der Waals surface area contributed by atoms with Crippen LogP contribution in [-0.2, 0) is 4.79 Å². The summed E-state index contributed by atoms with van der Waals surface area (Å²) in [6.45, 7) is 5.53. The molecule has 0 fully saturated rings. The number of hydrogen-bond donors (Lipinski definition) is 1. The quantitative estimate of drug-likeness (QED) is 0.910. The number of aryl methyl sites for hydroxylation is 2. The van der Waals surface area contributed by atoms with E-state index in [9.17, 15) is 4.79 Å². The number of nitrogens with zero attached hydrogens (tertiary/aromatic N) is 1. The number of hydrogen-bond acceptors (Lipinski definition) is 4. The maximum absolute atomic E-state index is 12.0. The van der Waals surface area contributed by atoms with Crippen LogP contribution in [0.2, 0.25) is 0 Å². The van der Waals surface area contributed by atoms with Crippen molar-refractivity contribution in [2.24, 2.45) is 0 Å². The van der Waals surface area contributed by atoms with E-state index in [2.05, 4.69) is 10.5 Å². The van der Waals surface area contributed by atoms with Gasteiger partial charge in [-0.25, -0.2) is 0 Å². The summed E-state index contributed by atoms with van der Waals surface area (Å²) in [6, 6.07) is 1.88. The first-order valence-electron chi connectivity index (χ1n) is 5.35. The van der Waals surface area contributed by atoms with Gasteiger partial charge in [-0.05, 0) is 32.2 Å². The molecule has 0 spiro atoms. The van der Waals surface area contributed by atoms with Gasteiger partial charge in [-0.2, -0.15) is 11.3 Å². The zero-order chi connectivity index (χ0) is 12.4. The molecule has 5 heteroatoms. The Hall–Kier alpha value is -1.62. The predicted octanol–water partition coefficient (Wildman–Crippen LogP) is 3.10. The Morgan fingerprint density at radius 2 is 2.29 bits per heavy atom. The van der Waals surface area contributed by atoms with Crippen molar-refractivity contribution in [3.05, 3.63) is 33.8 Å². The molecule has 0 saturated heterocycles. The van der Waals surface area contributed by atoms with Crippen molar-refractivity contribution in [2.75, 3.05) is 5.32 Å². The third-order valence-corrected chi connectivity index (χ3v) is 3.39. The summed E-state index contributed by atoms with van der Waals surface area (Å²) >= 11 is 1.55. The molecule has 0 aliphatic carbocycles. The Kier molecular flexibility index (Phi) is 3.28. The molecule has 2 aromatic heterocycles. The van der Waals surface area contributed by atoms with Crippen LogP contribution in [0.4, 0.5) is 5.69 Å². The highest BCUT2D eigenvalue weighted by molar-refractivity contribution is 7.08. The van der Waals surface area contributed by atoms with Gasteiger partial charge < -0.3 is 9.84 Å². The topological polar surface area (TPSA) is 55.1 Å². The van der Waals surface area contributed by atoms with Gasteiger partial charge in [-0.1, -0.05) is 5.16 Å². The van der Waals surface area contributed by atoms with Crippen molar-refractivity contribution < 1.29 is 9.32 Å². The molecule has 0 aromatic carbocycles. The van der Waals surface area contributed by atoms with Crippen LogP contribution in [0.5, 0.6) is 0 Å². The minimum atomic E-state index is -0.263. The van der Waals surface area contributed by atoms with E-state index in [4.69, 9.17) is 4.52 Å². The highest BCUT2D eigenvalue weighted by Gasteiger charge is 2.22. The number of rotatable bonds is 3. The largest absolute Gasteiger partial charge is 0.361 e. The fourth-order valence-electron chi connectivity index (χ4n) is 1.83. The average Bonchev–Trinajstić information content (AvgIpc) is 2.89. The van der Waals surface area contributed by atoms with Crippen molar-refractivity contribution in [3.8, 4) is 0 Å². The Bertz CT molecular complexity index is 497. The number of nitrogens with one attached hydrogen (secondary N) is 1. The van der Waals surface area contributed by atoms with Crippen LogP contribution in [0, 0.1) is 13.8 Å². The summed E-state index contributed by atoms with van der Waals surface area (Å²) in [5, 5.41) is 10.6. The normalized spacial score (nSPS) is 12.4. The van der Waals surface area contributed by atoms with Crippen LogP contribution in [0.1, 0.15) is 29.9 Å². The number of amides is 1. The Balaban J connectivity index is 2.15. The van der Waals surface area contributed by atoms with Gasteiger partial charge in [0, 0.05) is 10.9 Å². The zero-order valence-corrected chi connectivity index (χ0v) is 10.8. The molecule has 2 heterocycles. The number of carbonyl (C=O) groups is 1. The van der Waals surface area contributed by atoms with Gasteiger partial charge in [-0.15, -0.1) is 0 Å². The molecule has 0 bridgehead atoms.